The summed E-state index contributed by atoms with van der Waals surface area (Å²) in [5.41, 5.74) is 4.69. The molecule has 0 aliphatic carbocycles. The number of carbonyl (C=O) groups is 1. The average Bonchev–Trinajstić information content (AvgIpc) is 2.90. The first-order valence-electron chi connectivity index (χ1n) is 6.84. The first kappa shape index (κ1) is 13.3. The van der Waals surface area contributed by atoms with Gasteiger partial charge in [0, 0.05) is 25.7 Å². The second-order valence-electron chi connectivity index (χ2n) is 5.41. The summed E-state index contributed by atoms with van der Waals surface area (Å²) in [5.74, 6) is -2.40. The van der Waals surface area contributed by atoms with E-state index in [1.165, 1.54) is 4.90 Å². The minimum atomic E-state index is -0.955. The quantitative estimate of drug-likeness (QED) is 0.793. The zero-order chi connectivity index (χ0) is 14.3. The topological polar surface area (TPSA) is 49.6 Å². The fourth-order valence-corrected chi connectivity index (χ4v) is 3.10. The molecule has 1 amide bonds. The molecule has 2 saturated heterocycles. The van der Waals surface area contributed by atoms with Crippen molar-refractivity contribution in [2.24, 2.45) is 0 Å². The first-order valence-corrected chi connectivity index (χ1v) is 6.84. The van der Waals surface area contributed by atoms with E-state index in [1.54, 1.807) is 0 Å². The fraction of sp³-hybridized carbons (Fsp3) is 0.500. The Kier molecular flexibility index (Phi) is 3.33. The Bertz CT molecular complexity index is 549. The van der Waals surface area contributed by atoms with E-state index in [1.807, 2.05) is 0 Å². The highest BCUT2D eigenvalue weighted by Crippen LogP contribution is 2.25. The molecule has 2 heterocycles. The highest BCUT2D eigenvalue weighted by molar-refractivity contribution is 5.95. The summed E-state index contributed by atoms with van der Waals surface area (Å²) in [6.45, 7) is 2.85. The summed E-state index contributed by atoms with van der Waals surface area (Å²) >= 11 is 0. The normalized spacial score (nSPS) is 22.9. The van der Waals surface area contributed by atoms with E-state index in [2.05, 4.69) is 4.90 Å². The number of nitrogen functional groups attached to an aromatic ring is 1. The molecule has 2 aliphatic rings. The molecular weight excluding hydrogens is 264 g/mol. The van der Waals surface area contributed by atoms with Crippen molar-refractivity contribution < 1.29 is 13.6 Å². The van der Waals surface area contributed by atoms with E-state index >= 15 is 0 Å². The van der Waals surface area contributed by atoms with Crippen LogP contribution in [-0.4, -0.2) is 47.9 Å². The van der Waals surface area contributed by atoms with Crippen LogP contribution in [0.2, 0.25) is 0 Å². The maximum Gasteiger partial charge on any atom is 0.260 e. The number of benzene rings is 1. The number of piperazine rings is 1. The average molecular weight is 281 g/mol. The number of halogens is 2. The lowest BCUT2D eigenvalue weighted by Crippen LogP contribution is -2.52. The van der Waals surface area contributed by atoms with Gasteiger partial charge in [-0.1, -0.05) is 0 Å². The van der Waals surface area contributed by atoms with Gasteiger partial charge in [-0.3, -0.25) is 9.69 Å². The molecule has 1 atom stereocenters. The maximum atomic E-state index is 13.9. The zero-order valence-electron chi connectivity index (χ0n) is 11.1. The van der Waals surface area contributed by atoms with Crippen LogP contribution >= 0.6 is 0 Å². The first-order chi connectivity index (χ1) is 9.58. The molecule has 2 N–H and O–H groups in total. The summed E-state index contributed by atoms with van der Waals surface area (Å²) in [6, 6.07) is 2.49. The van der Waals surface area contributed by atoms with Crippen LogP contribution in [0.25, 0.3) is 0 Å². The summed E-state index contributed by atoms with van der Waals surface area (Å²) in [6.07, 6.45) is 2.15. The second kappa shape index (κ2) is 5.01. The van der Waals surface area contributed by atoms with Gasteiger partial charge in [-0.25, -0.2) is 8.78 Å². The highest BCUT2D eigenvalue weighted by Gasteiger charge is 2.34. The number of fused-ring (bicyclic) bond motifs is 1. The van der Waals surface area contributed by atoms with Crippen molar-refractivity contribution in [3.05, 3.63) is 29.3 Å². The van der Waals surface area contributed by atoms with Gasteiger partial charge in [0.1, 0.15) is 11.4 Å². The Morgan fingerprint density at radius 2 is 2.05 bits per heavy atom. The Labute approximate surface area is 116 Å². The van der Waals surface area contributed by atoms with Crippen molar-refractivity contribution in [3.8, 4) is 0 Å². The summed E-state index contributed by atoms with van der Waals surface area (Å²) in [5, 5.41) is 0. The molecular formula is C14H17F2N3O. The minimum Gasteiger partial charge on any atom is -0.396 e. The van der Waals surface area contributed by atoms with Crippen molar-refractivity contribution in [1.29, 1.82) is 0 Å². The third-order valence-corrected chi connectivity index (χ3v) is 4.21. The van der Waals surface area contributed by atoms with Crippen LogP contribution in [0.5, 0.6) is 0 Å². The third kappa shape index (κ3) is 2.14. The van der Waals surface area contributed by atoms with Gasteiger partial charge in [-0.15, -0.1) is 0 Å². The number of amides is 1. The van der Waals surface area contributed by atoms with Gasteiger partial charge in [0.15, 0.2) is 5.82 Å². The van der Waals surface area contributed by atoms with Gasteiger partial charge in [-0.05, 0) is 31.5 Å². The van der Waals surface area contributed by atoms with Gasteiger partial charge in [0.05, 0.1) is 5.69 Å². The number of hydrogen-bond acceptors (Lipinski definition) is 3. The lowest BCUT2D eigenvalue weighted by atomic mass is 10.1. The number of anilines is 1. The lowest BCUT2D eigenvalue weighted by Gasteiger charge is -2.37. The molecule has 2 fully saturated rings. The van der Waals surface area contributed by atoms with E-state index in [9.17, 15) is 13.6 Å². The standard InChI is InChI=1S/C14H17F2N3O/c15-10-3-4-11(17)13(16)12(10)14(20)19-7-6-18-5-1-2-9(18)8-19/h3-4,9H,1-2,5-8,17H2. The molecule has 1 unspecified atom stereocenters. The molecule has 2 aliphatic heterocycles. The van der Waals surface area contributed by atoms with Crippen molar-refractivity contribution in [2.45, 2.75) is 18.9 Å². The number of nitrogens with two attached hydrogens (primary N) is 1. The van der Waals surface area contributed by atoms with Crippen molar-refractivity contribution in [1.82, 2.24) is 9.80 Å². The molecule has 0 spiro atoms. The lowest BCUT2D eigenvalue weighted by molar-refractivity contribution is 0.0562. The summed E-state index contributed by atoms with van der Waals surface area (Å²) in [4.78, 5) is 16.2. The van der Waals surface area contributed by atoms with Crippen LogP contribution in [0.15, 0.2) is 12.1 Å². The predicted molar refractivity (Wildman–Crippen MR) is 71.3 cm³/mol. The van der Waals surface area contributed by atoms with E-state index in [0.29, 0.717) is 19.1 Å². The van der Waals surface area contributed by atoms with Crippen molar-refractivity contribution >= 4 is 11.6 Å². The van der Waals surface area contributed by atoms with Crippen LogP contribution in [0.4, 0.5) is 14.5 Å². The Balaban J connectivity index is 1.84. The number of hydrogen-bond donors (Lipinski definition) is 1. The van der Waals surface area contributed by atoms with Gasteiger partial charge < -0.3 is 10.6 Å². The molecule has 108 valence electrons. The SMILES string of the molecule is Nc1ccc(F)c(C(=O)N2CCN3CCCC3C2)c1F. The van der Waals surface area contributed by atoms with Crippen LogP contribution in [0, 0.1) is 11.6 Å². The molecule has 0 bridgehead atoms. The largest absolute Gasteiger partial charge is 0.396 e. The molecule has 0 radical (unpaired) electrons. The summed E-state index contributed by atoms with van der Waals surface area (Å²) < 4.78 is 27.7. The molecule has 1 aromatic carbocycles. The Morgan fingerprint density at radius 1 is 1.25 bits per heavy atom. The maximum absolute atomic E-state index is 13.9. The second-order valence-corrected chi connectivity index (χ2v) is 5.41. The number of carbonyl (C=O) groups excluding carboxylic acids is 1. The molecule has 0 saturated carbocycles. The number of nitrogens with zero attached hydrogens (tertiary/aromatic N) is 2. The molecule has 0 aromatic heterocycles. The van der Waals surface area contributed by atoms with E-state index in [-0.39, 0.29) is 5.69 Å². The smallest absolute Gasteiger partial charge is 0.260 e. The van der Waals surface area contributed by atoms with E-state index in [0.717, 1.165) is 38.1 Å². The van der Waals surface area contributed by atoms with Crippen LogP contribution < -0.4 is 5.73 Å². The molecule has 4 nitrogen and oxygen atoms in total. The van der Waals surface area contributed by atoms with Crippen LogP contribution in [0.1, 0.15) is 23.2 Å². The summed E-state index contributed by atoms with van der Waals surface area (Å²) in [7, 11) is 0. The fourth-order valence-electron chi connectivity index (χ4n) is 3.10. The van der Waals surface area contributed by atoms with Crippen molar-refractivity contribution in [2.75, 3.05) is 31.9 Å². The van der Waals surface area contributed by atoms with E-state index < -0.39 is 23.1 Å². The Morgan fingerprint density at radius 3 is 2.85 bits per heavy atom. The van der Waals surface area contributed by atoms with Gasteiger partial charge in [-0.2, -0.15) is 0 Å². The molecule has 6 heteroatoms. The molecule has 3 rings (SSSR count). The predicted octanol–water partition coefficient (Wildman–Crippen LogP) is 1.47. The van der Waals surface area contributed by atoms with Gasteiger partial charge >= 0.3 is 0 Å². The number of rotatable bonds is 1. The highest BCUT2D eigenvalue weighted by atomic mass is 19.1. The van der Waals surface area contributed by atoms with Gasteiger partial charge in [0.2, 0.25) is 0 Å². The van der Waals surface area contributed by atoms with Crippen molar-refractivity contribution in [3.63, 3.8) is 0 Å². The Hall–Kier alpha value is -1.69. The van der Waals surface area contributed by atoms with E-state index in [4.69, 9.17) is 5.73 Å². The van der Waals surface area contributed by atoms with Gasteiger partial charge in [0.25, 0.3) is 5.91 Å². The molecule has 1 aromatic rings. The molecule has 20 heavy (non-hydrogen) atoms. The van der Waals surface area contributed by atoms with Crippen LogP contribution in [0.3, 0.4) is 0 Å². The zero-order valence-corrected chi connectivity index (χ0v) is 11.1. The minimum absolute atomic E-state index is 0.200. The third-order valence-electron chi connectivity index (χ3n) is 4.21. The monoisotopic (exact) mass is 281 g/mol. The van der Waals surface area contributed by atoms with Crippen LogP contribution in [-0.2, 0) is 0 Å².